The fraction of sp³-hybridized carbons (Fsp3) is 0.800. The highest BCUT2D eigenvalue weighted by Gasteiger charge is 2.35. The van der Waals surface area contributed by atoms with Crippen molar-refractivity contribution in [3.63, 3.8) is 0 Å². The van der Waals surface area contributed by atoms with Crippen LogP contribution in [0.1, 0.15) is 53.9 Å². The number of carbonyl (C=O) groups excluding carboxylic acids is 3. The molecule has 21 heavy (non-hydrogen) atoms. The van der Waals surface area contributed by atoms with Crippen molar-refractivity contribution in [2.75, 3.05) is 13.7 Å². The molecule has 0 heterocycles. The van der Waals surface area contributed by atoms with E-state index in [1.807, 2.05) is 13.8 Å². The third kappa shape index (κ3) is 6.60. The minimum atomic E-state index is -0.959. The van der Waals surface area contributed by atoms with E-state index in [9.17, 15) is 14.4 Å². The fourth-order valence-electron chi connectivity index (χ4n) is 1.79. The van der Waals surface area contributed by atoms with Gasteiger partial charge in [-0.3, -0.25) is 9.59 Å². The smallest absolute Gasteiger partial charge is 0.417 e. The summed E-state index contributed by atoms with van der Waals surface area (Å²) in [5, 5.41) is 0. The summed E-state index contributed by atoms with van der Waals surface area (Å²) in [5.41, 5.74) is -0.700. The van der Waals surface area contributed by atoms with Crippen LogP contribution >= 0.6 is 0 Å². The van der Waals surface area contributed by atoms with Crippen molar-refractivity contribution < 1.29 is 23.9 Å². The molecule has 0 aliphatic rings. The molecule has 0 rings (SSSR count). The molecule has 1 atom stereocenters. The lowest BCUT2D eigenvalue weighted by Gasteiger charge is -2.27. The van der Waals surface area contributed by atoms with Gasteiger partial charge in [0.1, 0.15) is 11.5 Å². The van der Waals surface area contributed by atoms with Gasteiger partial charge in [0, 0.05) is 6.54 Å². The van der Waals surface area contributed by atoms with Crippen LogP contribution in [0.2, 0.25) is 0 Å². The number of nitrogens with zero attached hydrogens (tertiary/aromatic N) is 1. The zero-order valence-electron chi connectivity index (χ0n) is 13.9. The van der Waals surface area contributed by atoms with Gasteiger partial charge in [0.05, 0.1) is 7.11 Å². The first-order valence-corrected chi connectivity index (χ1v) is 7.30. The Morgan fingerprint density at radius 3 is 2.05 bits per heavy atom. The number of esters is 1. The molecule has 6 nitrogen and oxygen atoms in total. The maximum absolute atomic E-state index is 12.5. The molecule has 122 valence electrons. The summed E-state index contributed by atoms with van der Waals surface area (Å²) in [5.74, 6) is -2.13. The topological polar surface area (TPSA) is 72.9 Å². The molecule has 0 N–H and O–H groups in total. The molecule has 0 saturated carbocycles. The SMILES string of the molecule is CCCC(C(=O)OC)C(=O)N(CCC)C(=O)OC(C)(C)C. The molecule has 1 unspecified atom stereocenters. The second-order valence-corrected chi connectivity index (χ2v) is 5.83. The Labute approximate surface area is 126 Å². The molecule has 0 aliphatic heterocycles. The van der Waals surface area contributed by atoms with Crippen LogP contribution < -0.4 is 0 Å². The number of hydrogen-bond donors (Lipinski definition) is 0. The highest BCUT2D eigenvalue weighted by molar-refractivity contribution is 6.03. The first kappa shape index (κ1) is 19.4. The lowest BCUT2D eigenvalue weighted by Crippen LogP contribution is -2.46. The maximum atomic E-state index is 12.5. The predicted octanol–water partition coefficient (Wildman–Crippen LogP) is 2.75. The third-order valence-corrected chi connectivity index (χ3v) is 2.69. The van der Waals surface area contributed by atoms with E-state index in [0.29, 0.717) is 19.3 Å². The van der Waals surface area contributed by atoms with Crippen LogP contribution in [0.5, 0.6) is 0 Å². The van der Waals surface area contributed by atoms with Crippen molar-refractivity contribution >= 4 is 18.0 Å². The van der Waals surface area contributed by atoms with Gasteiger partial charge in [0.2, 0.25) is 5.91 Å². The number of rotatable bonds is 6. The van der Waals surface area contributed by atoms with Gasteiger partial charge in [-0.2, -0.15) is 0 Å². The van der Waals surface area contributed by atoms with E-state index in [1.165, 1.54) is 7.11 Å². The molecule has 0 aliphatic carbocycles. The van der Waals surface area contributed by atoms with Crippen molar-refractivity contribution in [3.05, 3.63) is 0 Å². The molecule has 0 fully saturated rings. The first-order chi connectivity index (χ1) is 9.67. The summed E-state index contributed by atoms with van der Waals surface area (Å²) in [6.07, 6.45) is 0.846. The van der Waals surface area contributed by atoms with Gasteiger partial charge in [-0.15, -0.1) is 0 Å². The van der Waals surface area contributed by atoms with Gasteiger partial charge in [-0.25, -0.2) is 9.69 Å². The molecule has 0 aromatic rings. The summed E-state index contributed by atoms with van der Waals surface area (Å²) in [6.45, 7) is 9.10. The van der Waals surface area contributed by atoms with Crippen LogP contribution in [0.15, 0.2) is 0 Å². The fourth-order valence-corrected chi connectivity index (χ4v) is 1.79. The highest BCUT2D eigenvalue weighted by Crippen LogP contribution is 2.16. The van der Waals surface area contributed by atoms with Crippen LogP contribution in [0.4, 0.5) is 4.79 Å². The van der Waals surface area contributed by atoms with Crippen LogP contribution in [-0.4, -0.2) is 42.1 Å². The summed E-state index contributed by atoms with van der Waals surface area (Å²) in [4.78, 5) is 37.4. The predicted molar refractivity (Wildman–Crippen MR) is 78.7 cm³/mol. The number of carbonyl (C=O) groups is 3. The number of hydrogen-bond acceptors (Lipinski definition) is 5. The van der Waals surface area contributed by atoms with E-state index in [0.717, 1.165) is 4.90 Å². The number of methoxy groups -OCH3 is 1. The second kappa shape index (κ2) is 8.64. The Kier molecular flexibility index (Phi) is 7.99. The molecular weight excluding hydrogens is 274 g/mol. The molecule has 0 aromatic carbocycles. The summed E-state index contributed by atoms with van der Waals surface area (Å²) in [7, 11) is 1.23. The molecule has 0 saturated heterocycles. The summed E-state index contributed by atoms with van der Waals surface area (Å²) < 4.78 is 9.89. The molecule has 0 radical (unpaired) electrons. The van der Waals surface area contributed by atoms with Crippen molar-refractivity contribution in [3.8, 4) is 0 Å². The molecule has 6 heteroatoms. The molecule has 2 amide bonds. The minimum Gasteiger partial charge on any atom is -0.468 e. The number of imide groups is 1. The van der Waals surface area contributed by atoms with Crippen LogP contribution in [0.3, 0.4) is 0 Å². The molecule has 0 aromatic heterocycles. The Morgan fingerprint density at radius 1 is 1.10 bits per heavy atom. The van der Waals surface area contributed by atoms with Crippen molar-refractivity contribution in [2.24, 2.45) is 5.92 Å². The Morgan fingerprint density at radius 2 is 1.67 bits per heavy atom. The van der Waals surface area contributed by atoms with Crippen LogP contribution in [0, 0.1) is 5.92 Å². The Balaban J connectivity index is 5.19. The van der Waals surface area contributed by atoms with Crippen LogP contribution in [-0.2, 0) is 19.1 Å². The van der Waals surface area contributed by atoms with Gasteiger partial charge in [0.15, 0.2) is 0 Å². The molecule has 0 spiro atoms. The first-order valence-electron chi connectivity index (χ1n) is 7.30. The van der Waals surface area contributed by atoms with Gasteiger partial charge in [0.25, 0.3) is 0 Å². The third-order valence-electron chi connectivity index (χ3n) is 2.69. The van der Waals surface area contributed by atoms with E-state index >= 15 is 0 Å². The van der Waals surface area contributed by atoms with E-state index < -0.39 is 29.5 Å². The lowest BCUT2D eigenvalue weighted by atomic mass is 10.0. The largest absolute Gasteiger partial charge is 0.468 e. The number of amides is 2. The van der Waals surface area contributed by atoms with E-state index in [2.05, 4.69) is 4.74 Å². The Hall–Kier alpha value is -1.59. The standard InChI is InChI=1S/C15H27NO5/c1-7-9-11(13(18)20-6)12(17)16(10-8-2)14(19)21-15(3,4)5/h11H,7-10H2,1-6H3. The zero-order chi connectivity index (χ0) is 16.6. The minimum absolute atomic E-state index is 0.213. The average Bonchev–Trinajstić information content (AvgIpc) is 2.38. The quantitative estimate of drug-likeness (QED) is 0.557. The molecular formula is C15H27NO5. The number of ether oxygens (including phenoxy) is 2. The lowest BCUT2D eigenvalue weighted by molar-refractivity contribution is -0.153. The maximum Gasteiger partial charge on any atom is 0.417 e. The van der Waals surface area contributed by atoms with Gasteiger partial charge >= 0.3 is 12.1 Å². The van der Waals surface area contributed by atoms with E-state index in [-0.39, 0.29) is 6.54 Å². The average molecular weight is 301 g/mol. The second-order valence-electron chi connectivity index (χ2n) is 5.83. The van der Waals surface area contributed by atoms with Gasteiger partial charge in [-0.1, -0.05) is 20.3 Å². The van der Waals surface area contributed by atoms with Gasteiger partial charge < -0.3 is 9.47 Å². The van der Waals surface area contributed by atoms with Gasteiger partial charge in [-0.05, 0) is 33.6 Å². The zero-order valence-corrected chi connectivity index (χ0v) is 13.9. The van der Waals surface area contributed by atoms with Crippen molar-refractivity contribution in [2.45, 2.75) is 59.5 Å². The Bertz CT molecular complexity index is 373. The summed E-state index contributed by atoms with van der Waals surface area (Å²) >= 11 is 0. The van der Waals surface area contributed by atoms with Crippen molar-refractivity contribution in [1.29, 1.82) is 0 Å². The van der Waals surface area contributed by atoms with E-state index in [1.54, 1.807) is 20.8 Å². The highest BCUT2D eigenvalue weighted by atomic mass is 16.6. The summed E-state index contributed by atoms with van der Waals surface area (Å²) in [6, 6.07) is 0. The van der Waals surface area contributed by atoms with E-state index in [4.69, 9.17) is 4.74 Å². The molecule has 0 bridgehead atoms. The normalized spacial score (nSPS) is 12.5. The van der Waals surface area contributed by atoms with Crippen LogP contribution in [0.25, 0.3) is 0 Å². The van der Waals surface area contributed by atoms with Crippen molar-refractivity contribution in [1.82, 2.24) is 4.90 Å². The monoisotopic (exact) mass is 301 g/mol.